The maximum atomic E-state index is 8.60. The predicted octanol–water partition coefficient (Wildman–Crippen LogP) is 5.79. The number of aliphatic hydroxyl groups is 1. The van der Waals surface area contributed by atoms with Gasteiger partial charge in [-0.1, -0.05) is 82.6 Å². The maximum Gasteiger partial charge on any atom is 0.0465 e. The largest absolute Gasteiger partial charge is 0.396 e. The van der Waals surface area contributed by atoms with E-state index in [0.29, 0.717) is 0 Å². The average molecular weight is 266 g/mol. The van der Waals surface area contributed by atoms with E-state index in [9.17, 15) is 0 Å². The normalized spacial score (nSPS) is 11.9. The Morgan fingerprint density at radius 3 is 1.74 bits per heavy atom. The molecule has 0 bridgehead atoms. The molecule has 0 fully saturated rings. The molecule has 0 atom stereocenters. The van der Waals surface area contributed by atoms with Crippen molar-refractivity contribution < 1.29 is 5.11 Å². The highest BCUT2D eigenvalue weighted by Crippen LogP contribution is 2.10. The summed E-state index contributed by atoms with van der Waals surface area (Å²) in [5.74, 6) is 0. The third-order valence-corrected chi connectivity index (χ3v) is 3.38. The lowest BCUT2D eigenvalue weighted by Gasteiger charge is -2.00. The Morgan fingerprint density at radius 1 is 0.632 bits per heavy atom. The van der Waals surface area contributed by atoms with Crippen molar-refractivity contribution in [3.05, 3.63) is 24.3 Å². The molecule has 0 aromatic rings. The van der Waals surface area contributed by atoms with Crippen molar-refractivity contribution in [2.75, 3.05) is 6.61 Å². The van der Waals surface area contributed by atoms with Gasteiger partial charge in [0, 0.05) is 6.61 Å². The van der Waals surface area contributed by atoms with Crippen LogP contribution < -0.4 is 0 Å². The first-order valence-electron chi connectivity index (χ1n) is 8.32. The summed E-state index contributed by atoms with van der Waals surface area (Å²) in [6.07, 6.45) is 24.4. The van der Waals surface area contributed by atoms with Gasteiger partial charge in [0.15, 0.2) is 0 Å². The SMILES string of the molecule is CCCCCCCCCCCC=CCC=CCCO. The summed E-state index contributed by atoms with van der Waals surface area (Å²) in [6.45, 7) is 2.54. The fraction of sp³-hybridized carbons (Fsp3) is 0.778. The van der Waals surface area contributed by atoms with Crippen LogP contribution in [0.4, 0.5) is 0 Å². The molecular weight excluding hydrogens is 232 g/mol. The fourth-order valence-corrected chi connectivity index (χ4v) is 2.15. The molecule has 0 unspecified atom stereocenters. The first-order valence-corrected chi connectivity index (χ1v) is 8.32. The van der Waals surface area contributed by atoms with Crippen molar-refractivity contribution >= 4 is 0 Å². The Bertz CT molecular complexity index is 206. The molecule has 0 saturated carbocycles. The van der Waals surface area contributed by atoms with Crippen LogP contribution in [-0.2, 0) is 0 Å². The van der Waals surface area contributed by atoms with Crippen molar-refractivity contribution in [1.29, 1.82) is 0 Å². The van der Waals surface area contributed by atoms with Gasteiger partial charge in [-0.25, -0.2) is 0 Å². The second-order valence-corrected chi connectivity index (χ2v) is 5.31. The van der Waals surface area contributed by atoms with Crippen molar-refractivity contribution in [1.82, 2.24) is 0 Å². The molecule has 0 aliphatic rings. The summed E-state index contributed by atoms with van der Waals surface area (Å²) in [4.78, 5) is 0. The molecule has 0 radical (unpaired) electrons. The second kappa shape index (κ2) is 17.4. The molecule has 0 amide bonds. The minimum atomic E-state index is 0.263. The quantitative estimate of drug-likeness (QED) is 0.311. The van der Waals surface area contributed by atoms with Crippen LogP contribution in [0.25, 0.3) is 0 Å². The zero-order valence-electron chi connectivity index (χ0n) is 12.9. The summed E-state index contributed by atoms with van der Waals surface area (Å²) < 4.78 is 0. The van der Waals surface area contributed by atoms with Gasteiger partial charge in [0.05, 0.1) is 0 Å². The zero-order chi connectivity index (χ0) is 14.0. The standard InChI is InChI=1S/C18H34O/c1-2-3-4-5-6-7-8-9-10-11-12-13-14-15-16-17-18-19/h12-13,15-16,19H,2-11,14,17-18H2,1H3. The van der Waals surface area contributed by atoms with E-state index in [1.165, 1.54) is 64.2 Å². The molecule has 0 aliphatic carbocycles. The van der Waals surface area contributed by atoms with Gasteiger partial charge in [0.25, 0.3) is 0 Å². The van der Waals surface area contributed by atoms with Crippen LogP contribution in [0, 0.1) is 0 Å². The van der Waals surface area contributed by atoms with E-state index in [-0.39, 0.29) is 6.61 Å². The highest BCUT2D eigenvalue weighted by molar-refractivity contribution is 4.92. The minimum Gasteiger partial charge on any atom is -0.396 e. The van der Waals surface area contributed by atoms with Crippen molar-refractivity contribution in [2.24, 2.45) is 0 Å². The Kier molecular flexibility index (Phi) is 16.9. The van der Waals surface area contributed by atoms with Crippen LogP contribution in [-0.4, -0.2) is 11.7 Å². The van der Waals surface area contributed by atoms with Gasteiger partial charge in [-0.2, -0.15) is 0 Å². The van der Waals surface area contributed by atoms with E-state index >= 15 is 0 Å². The lowest BCUT2D eigenvalue weighted by atomic mass is 10.1. The molecule has 1 heteroatoms. The van der Waals surface area contributed by atoms with Crippen molar-refractivity contribution in [3.63, 3.8) is 0 Å². The summed E-state index contributed by atoms with van der Waals surface area (Å²) in [5, 5.41) is 8.60. The Balaban J connectivity index is 3.07. The highest BCUT2D eigenvalue weighted by Gasteiger charge is 1.90. The highest BCUT2D eigenvalue weighted by atomic mass is 16.2. The van der Waals surface area contributed by atoms with Crippen LogP contribution in [0.3, 0.4) is 0 Å². The summed E-state index contributed by atoms with van der Waals surface area (Å²) >= 11 is 0. The topological polar surface area (TPSA) is 20.2 Å². The summed E-state index contributed by atoms with van der Waals surface area (Å²) in [6, 6.07) is 0. The molecule has 19 heavy (non-hydrogen) atoms. The van der Waals surface area contributed by atoms with Gasteiger partial charge in [-0.3, -0.25) is 0 Å². The van der Waals surface area contributed by atoms with Gasteiger partial charge in [-0.15, -0.1) is 0 Å². The monoisotopic (exact) mass is 266 g/mol. The van der Waals surface area contributed by atoms with Crippen LogP contribution in [0.5, 0.6) is 0 Å². The zero-order valence-corrected chi connectivity index (χ0v) is 12.9. The fourth-order valence-electron chi connectivity index (χ4n) is 2.15. The van der Waals surface area contributed by atoms with Crippen LogP contribution >= 0.6 is 0 Å². The average Bonchev–Trinajstić information content (AvgIpc) is 2.43. The molecule has 0 heterocycles. The first kappa shape index (κ1) is 18.4. The summed E-state index contributed by atoms with van der Waals surface area (Å²) in [7, 11) is 0. The van der Waals surface area contributed by atoms with E-state index < -0.39 is 0 Å². The number of hydrogen-bond donors (Lipinski definition) is 1. The summed E-state index contributed by atoms with van der Waals surface area (Å²) in [5.41, 5.74) is 0. The maximum absolute atomic E-state index is 8.60. The second-order valence-electron chi connectivity index (χ2n) is 5.31. The number of hydrogen-bond acceptors (Lipinski definition) is 1. The van der Waals surface area contributed by atoms with Gasteiger partial charge < -0.3 is 5.11 Å². The molecule has 0 spiro atoms. The third-order valence-electron chi connectivity index (χ3n) is 3.38. The van der Waals surface area contributed by atoms with E-state index in [2.05, 4.69) is 25.2 Å². The van der Waals surface area contributed by atoms with Crippen molar-refractivity contribution in [3.8, 4) is 0 Å². The number of rotatable bonds is 14. The minimum absolute atomic E-state index is 0.263. The Morgan fingerprint density at radius 2 is 1.16 bits per heavy atom. The Labute approximate surface area is 120 Å². The van der Waals surface area contributed by atoms with Crippen LogP contribution in [0.15, 0.2) is 24.3 Å². The van der Waals surface area contributed by atoms with Crippen LogP contribution in [0.1, 0.15) is 84.0 Å². The molecule has 112 valence electrons. The van der Waals surface area contributed by atoms with E-state index in [1.54, 1.807) is 0 Å². The van der Waals surface area contributed by atoms with E-state index in [1.807, 2.05) is 6.08 Å². The predicted molar refractivity (Wildman–Crippen MR) is 86.4 cm³/mol. The molecular formula is C18H34O. The van der Waals surface area contributed by atoms with Crippen LogP contribution in [0.2, 0.25) is 0 Å². The third kappa shape index (κ3) is 17.4. The van der Waals surface area contributed by atoms with Gasteiger partial charge in [0.2, 0.25) is 0 Å². The lowest BCUT2D eigenvalue weighted by Crippen LogP contribution is -1.80. The van der Waals surface area contributed by atoms with Gasteiger partial charge in [0.1, 0.15) is 0 Å². The van der Waals surface area contributed by atoms with Gasteiger partial charge >= 0.3 is 0 Å². The molecule has 0 aromatic carbocycles. The molecule has 0 aromatic heterocycles. The smallest absolute Gasteiger partial charge is 0.0465 e. The molecule has 1 N–H and O–H groups in total. The molecule has 1 nitrogen and oxygen atoms in total. The number of unbranched alkanes of at least 4 members (excludes halogenated alkanes) is 9. The molecule has 0 aliphatic heterocycles. The Hall–Kier alpha value is -0.560. The number of allylic oxidation sites excluding steroid dienone is 3. The van der Waals surface area contributed by atoms with E-state index in [0.717, 1.165) is 12.8 Å². The molecule has 0 rings (SSSR count). The molecule has 0 saturated heterocycles. The number of aliphatic hydroxyl groups excluding tert-OH is 1. The van der Waals surface area contributed by atoms with E-state index in [4.69, 9.17) is 5.11 Å². The van der Waals surface area contributed by atoms with Crippen molar-refractivity contribution in [2.45, 2.75) is 84.0 Å². The first-order chi connectivity index (χ1) is 9.41. The van der Waals surface area contributed by atoms with Gasteiger partial charge in [-0.05, 0) is 25.7 Å². The lowest BCUT2D eigenvalue weighted by molar-refractivity contribution is 0.302.